The van der Waals surface area contributed by atoms with Crippen molar-refractivity contribution in [2.75, 3.05) is 19.8 Å². The number of aliphatic carboxylic acids is 1. The van der Waals surface area contributed by atoms with Crippen molar-refractivity contribution >= 4 is 16.4 Å². The van der Waals surface area contributed by atoms with Crippen molar-refractivity contribution in [3.05, 3.63) is 0 Å². The molecule has 0 aromatic heterocycles. The molecule has 3 fully saturated rings. The third kappa shape index (κ3) is 7.27. The first-order chi connectivity index (χ1) is 14.4. The van der Waals surface area contributed by atoms with E-state index in [0.717, 1.165) is 6.92 Å². The Labute approximate surface area is 232 Å². The Morgan fingerprint density at radius 3 is 2.42 bits per heavy atom. The number of hydrogen-bond donors (Lipinski definition) is 4. The zero-order valence-electron chi connectivity index (χ0n) is 18.0. The molecule has 0 aromatic carbocycles. The molecule has 3 rings (SSSR count). The molecule has 3 saturated heterocycles. The Hall–Kier alpha value is 0.980. The Kier molecular flexibility index (Phi) is 12.1. The number of carboxylic acids is 1. The summed E-state index contributed by atoms with van der Waals surface area (Å²) >= 11 is 0. The predicted molar refractivity (Wildman–Crippen MR) is 87.2 cm³/mol. The van der Waals surface area contributed by atoms with Gasteiger partial charge in [-0.3, -0.25) is 4.18 Å². The number of aliphatic hydroxyl groups is 4. The van der Waals surface area contributed by atoms with Gasteiger partial charge in [0.25, 0.3) is 0 Å². The molecule has 10 atom stereocenters. The monoisotopic (exact) mass is 520 g/mol. The SMILES string of the molecule is C[C@@]1(C(=O)[O-])OC[C@H]2O[C@@H](O[C@H]3[C@H]([C@H](O)CO)OC[C@@H]3O)[C@H](OS(=O)(=O)[O-])[C@@H](O)[C@H]2O1.[Na+].[Na+]. The summed E-state index contributed by atoms with van der Waals surface area (Å²) in [6.07, 6.45) is -14.0. The van der Waals surface area contributed by atoms with Crippen LogP contribution in [0.2, 0.25) is 0 Å². The summed E-state index contributed by atoms with van der Waals surface area (Å²) in [6, 6.07) is 0. The molecule has 3 aliphatic heterocycles. The molecule has 18 heteroatoms. The molecular weight excluding hydrogens is 498 g/mol. The average Bonchev–Trinajstić information content (AvgIpc) is 3.04. The maximum Gasteiger partial charge on any atom is 1.00 e. The van der Waals surface area contributed by atoms with Crippen LogP contribution in [0.3, 0.4) is 0 Å². The summed E-state index contributed by atoms with van der Waals surface area (Å²) in [5.41, 5.74) is 0. The number of carbonyl (C=O) groups is 1. The van der Waals surface area contributed by atoms with Crippen LogP contribution in [0.5, 0.6) is 0 Å². The smallest absolute Gasteiger partial charge is 0.726 e. The van der Waals surface area contributed by atoms with Crippen molar-refractivity contribution in [1.82, 2.24) is 0 Å². The molecular formula is C15H22Na2O15S. The molecule has 0 saturated carbocycles. The second-order valence-electron chi connectivity index (χ2n) is 7.35. The zero-order chi connectivity index (χ0) is 23.1. The summed E-state index contributed by atoms with van der Waals surface area (Å²) < 4.78 is 64.3. The van der Waals surface area contributed by atoms with Crippen LogP contribution in [0.25, 0.3) is 0 Å². The molecule has 0 amide bonds. The fraction of sp³-hybridized carbons (Fsp3) is 0.933. The molecule has 3 aliphatic rings. The molecule has 0 radical (unpaired) electrons. The maximum atomic E-state index is 11.3. The number of hydrogen-bond acceptors (Lipinski definition) is 15. The van der Waals surface area contributed by atoms with Crippen LogP contribution in [0.1, 0.15) is 6.92 Å². The van der Waals surface area contributed by atoms with Gasteiger partial charge in [-0.15, -0.1) is 0 Å². The van der Waals surface area contributed by atoms with Crippen molar-refractivity contribution in [2.45, 2.75) is 67.8 Å². The van der Waals surface area contributed by atoms with Gasteiger partial charge in [-0.25, -0.2) is 8.42 Å². The van der Waals surface area contributed by atoms with Gasteiger partial charge < -0.3 is 58.6 Å². The van der Waals surface area contributed by atoms with Crippen LogP contribution in [0.15, 0.2) is 0 Å². The van der Waals surface area contributed by atoms with Gasteiger partial charge in [0.15, 0.2) is 12.4 Å². The van der Waals surface area contributed by atoms with Crippen molar-refractivity contribution in [3.8, 4) is 0 Å². The van der Waals surface area contributed by atoms with Crippen LogP contribution >= 0.6 is 0 Å². The Morgan fingerprint density at radius 2 is 1.88 bits per heavy atom. The zero-order valence-corrected chi connectivity index (χ0v) is 22.8. The van der Waals surface area contributed by atoms with E-state index in [0.29, 0.717) is 0 Å². The number of aliphatic hydroxyl groups excluding tert-OH is 4. The molecule has 0 unspecified atom stereocenters. The largest absolute Gasteiger partial charge is 1.00 e. The van der Waals surface area contributed by atoms with Gasteiger partial charge in [0.1, 0.15) is 48.7 Å². The molecule has 180 valence electrons. The molecule has 33 heavy (non-hydrogen) atoms. The molecule has 0 aromatic rings. The van der Waals surface area contributed by atoms with Crippen molar-refractivity contribution in [1.29, 1.82) is 0 Å². The Morgan fingerprint density at radius 1 is 1.24 bits per heavy atom. The number of carbonyl (C=O) groups excluding carboxylic acids is 1. The minimum atomic E-state index is -5.42. The van der Waals surface area contributed by atoms with Crippen molar-refractivity contribution in [2.24, 2.45) is 0 Å². The first kappa shape index (κ1) is 32.0. The molecule has 15 nitrogen and oxygen atoms in total. The van der Waals surface area contributed by atoms with E-state index in [9.17, 15) is 38.2 Å². The Balaban J connectivity index is 0.00000272. The summed E-state index contributed by atoms with van der Waals surface area (Å²) in [5.74, 6) is -4.08. The summed E-state index contributed by atoms with van der Waals surface area (Å²) in [6.45, 7) is -0.541. The van der Waals surface area contributed by atoms with Gasteiger partial charge in [-0.1, -0.05) is 0 Å². The number of rotatable bonds is 7. The van der Waals surface area contributed by atoms with E-state index in [1.54, 1.807) is 0 Å². The summed E-state index contributed by atoms with van der Waals surface area (Å²) in [7, 11) is -5.42. The molecule has 4 N–H and O–H groups in total. The van der Waals surface area contributed by atoms with Gasteiger partial charge in [-0.05, 0) is 6.92 Å². The summed E-state index contributed by atoms with van der Waals surface area (Å²) in [5, 5.41) is 50.9. The van der Waals surface area contributed by atoms with Gasteiger partial charge in [0.05, 0.1) is 19.8 Å². The first-order valence-corrected chi connectivity index (χ1v) is 10.4. The van der Waals surface area contributed by atoms with Crippen molar-refractivity contribution < 1.29 is 130 Å². The fourth-order valence-corrected chi connectivity index (χ4v) is 4.02. The van der Waals surface area contributed by atoms with Crippen molar-refractivity contribution in [3.63, 3.8) is 0 Å². The number of fused-ring (bicyclic) bond motifs is 1. The van der Waals surface area contributed by atoms with Gasteiger partial charge >= 0.3 is 59.1 Å². The van der Waals surface area contributed by atoms with E-state index in [2.05, 4.69) is 4.18 Å². The van der Waals surface area contributed by atoms with Crippen LogP contribution in [0, 0.1) is 0 Å². The Bertz CT molecular complexity index is 770. The molecule has 0 aliphatic carbocycles. The normalized spacial score (nSPS) is 41.9. The van der Waals surface area contributed by atoms with E-state index >= 15 is 0 Å². The van der Waals surface area contributed by atoms with Crippen LogP contribution in [-0.4, -0.2) is 120 Å². The minimum Gasteiger partial charge on any atom is -0.726 e. The van der Waals surface area contributed by atoms with Crippen LogP contribution < -0.4 is 64.2 Å². The minimum absolute atomic E-state index is 0. The fourth-order valence-electron chi connectivity index (χ4n) is 3.54. The number of ether oxygens (including phenoxy) is 5. The van der Waals surface area contributed by atoms with E-state index in [1.807, 2.05) is 0 Å². The topological polar surface area (TPSA) is 234 Å². The summed E-state index contributed by atoms with van der Waals surface area (Å²) in [4.78, 5) is 11.3. The van der Waals surface area contributed by atoms with Gasteiger partial charge in [0.2, 0.25) is 16.2 Å². The third-order valence-electron chi connectivity index (χ3n) is 5.12. The van der Waals surface area contributed by atoms with Gasteiger partial charge in [0, 0.05) is 0 Å². The predicted octanol–water partition coefficient (Wildman–Crippen LogP) is -11.7. The van der Waals surface area contributed by atoms with Gasteiger partial charge in [-0.2, -0.15) is 0 Å². The second kappa shape index (κ2) is 12.5. The van der Waals surface area contributed by atoms with Crippen LogP contribution in [0.4, 0.5) is 0 Å². The van der Waals surface area contributed by atoms with E-state index in [4.69, 9.17) is 28.8 Å². The van der Waals surface area contributed by atoms with E-state index in [1.165, 1.54) is 0 Å². The van der Waals surface area contributed by atoms with E-state index in [-0.39, 0.29) is 65.7 Å². The second-order valence-corrected chi connectivity index (χ2v) is 8.35. The van der Waals surface area contributed by atoms with E-state index < -0.39 is 90.5 Å². The standard InChI is InChI=1S/C15H24O15S.2Na/c1-15(14(20)21)26-4-7-11(29-15)8(19)12(30-31(22,23)24)13(27-7)28-10-6(18)3-25-9(10)5(17)2-16;;/h5-13,16-19H,2-4H2,1H3,(H,20,21)(H,22,23,24);;/q;2*+1/p-2/t5-,6+,7-,8+,9+,10-,11+,12-,13+,15-;;/m1../s1. The third-order valence-corrected chi connectivity index (χ3v) is 5.58. The maximum absolute atomic E-state index is 11.3. The first-order valence-electron chi connectivity index (χ1n) is 9.11. The molecule has 0 bridgehead atoms. The van der Waals surface area contributed by atoms with Crippen LogP contribution in [-0.2, 0) is 43.1 Å². The quantitative estimate of drug-likeness (QED) is 0.139. The molecule has 0 spiro atoms. The number of carboxylic acid groups (broad SMARTS) is 1. The average molecular weight is 520 g/mol. The molecule has 3 heterocycles.